The quantitative estimate of drug-likeness (QED) is 0.129. The van der Waals surface area contributed by atoms with Crippen molar-refractivity contribution >= 4 is 52.8 Å². The number of ether oxygens (including phenoxy) is 5. The molecule has 0 amide bonds. The predicted octanol–water partition coefficient (Wildman–Crippen LogP) is 2.98. The van der Waals surface area contributed by atoms with E-state index in [0.717, 1.165) is 46.4 Å². The second kappa shape index (κ2) is 15.7. The van der Waals surface area contributed by atoms with Crippen LogP contribution in [-0.4, -0.2) is 77.1 Å². The molecule has 0 aliphatic carbocycles. The van der Waals surface area contributed by atoms with Gasteiger partial charge in [0.05, 0.1) is 11.7 Å². The van der Waals surface area contributed by atoms with Gasteiger partial charge in [-0.3, -0.25) is 29.4 Å². The van der Waals surface area contributed by atoms with Crippen LogP contribution in [0.4, 0.5) is 5.82 Å². The van der Waals surface area contributed by atoms with E-state index < -0.39 is 60.9 Å². The number of esters is 5. The Morgan fingerprint density at radius 2 is 1.32 bits per heavy atom. The number of carbonyl (C=O) groups excluding carboxylic acids is 5. The lowest BCUT2D eigenvalue weighted by Gasteiger charge is -2.34. The molecule has 0 radical (unpaired) electrons. The molecule has 0 unspecified atom stereocenters. The van der Waals surface area contributed by atoms with Gasteiger partial charge in [0.2, 0.25) is 0 Å². The fourth-order valence-corrected chi connectivity index (χ4v) is 4.09. The highest BCUT2D eigenvalue weighted by molar-refractivity contribution is 5.90. The van der Waals surface area contributed by atoms with Crippen LogP contribution in [0.5, 0.6) is 0 Å². The van der Waals surface area contributed by atoms with E-state index in [0.29, 0.717) is 22.5 Å². The molecule has 0 saturated heterocycles. The molecule has 0 saturated carbocycles. The van der Waals surface area contributed by atoms with Gasteiger partial charge in [0.1, 0.15) is 6.61 Å². The van der Waals surface area contributed by atoms with Crippen molar-refractivity contribution in [2.24, 2.45) is 5.10 Å². The maximum absolute atomic E-state index is 12.2. The summed E-state index contributed by atoms with van der Waals surface area (Å²) < 4.78 is 26.5. The van der Waals surface area contributed by atoms with E-state index in [1.807, 2.05) is 36.4 Å². The smallest absolute Gasteiger partial charge is 0.303 e. The zero-order chi connectivity index (χ0) is 32.2. The lowest BCUT2D eigenvalue weighted by atomic mass is 10.0. The molecule has 14 nitrogen and oxygen atoms in total. The average Bonchev–Trinajstić information content (AvgIpc) is 2.96. The summed E-state index contributed by atoms with van der Waals surface area (Å²) in [5.74, 6) is -3.32. The minimum atomic E-state index is -1.60. The molecule has 1 heterocycles. The van der Waals surface area contributed by atoms with E-state index >= 15 is 0 Å². The summed E-state index contributed by atoms with van der Waals surface area (Å²) in [7, 11) is 0. The molecule has 4 atom stereocenters. The summed E-state index contributed by atoms with van der Waals surface area (Å²) >= 11 is 0. The lowest BCUT2D eigenvalue weighted by Crippen LogP contribution is -2.53. The van der Waals surface area contributed by atoms with Crippen LogP contribution in [-0.2, 0) is 47.7 Å². The van der Waals surface area contributed by atoms with Gasteiger partial charge < -0.3 is 23.7 Å². The molecule has 44 heavy (non-hydrogen) atoms. The maximum Gasteiger partial charge on any atom is 0.303 e. The summed E-state index contributed by atoms with van der Waals surface area (Å²) in [6.07, 6.45) is -5.05. The van der Waals surface area contributed by atoms with Crippen LogP contribution >= 0.6 is 0 Å². The SMILES string of the molecule is CC(=O)OC[C@@H](OC(C)=O)[C@H](OC(C)=O)[C@H](OC(C)=O)[C@H](/C=N/Nc1nc(-c2ccccc2)nc2ccccc12)OC(C)=O. The lowest BCUT2D eigenvalue weighted by molar-refractivity contribution is -0.197. The molecule has 3 rings (SSSR count). The number of rotatable bonds is 13. The van der Waals surface area contributed by atoms with Gasteiger partial charge in [-0.25, -0.2) is 9.97 Å². The summed E-state index contributed by atoms with van der Waals surface area (Å²) in [6.45, 7) is 4.87. The Morgan fingerprint density at radius 1 is 0.727 bits per heavy atom. The predicted molar refractivity (Wildman–Crippen MR) is 156 cm³/mol. The highest BCUT2D eigenvalue weighted by Crippen LogP contribution is 2.25. The maximum atomic E-state index is 12.2. The van der Waals surface area contributed by atoms with Crippen LogP contribution in [0.15, 0.2) is 59.7 Å². The third kappa shape index (κ3) is 9.86. The Hall–Kier alpha value is -5.40. The number of carbonyl (C=O) groups is 5. The molecule has 0 fully saturated rings. The zero-order valence-corrected chi connectivity index (χ0v) is 24.7. The molecule has 0 aliphatic rings. The molecular formula is C30H32N4O10. The molecule has 0 bridgehead atoms. The first kappa shape index (κ1) is 33.1. The number of hydrazone groups is 1. The molecule has 14 heteroatoms. The molecular weight excluding hydrogens is 576 g/mol. The van der Waals surface area contributed by atoms with Crippen LogP contribution in [0.1, 0.15) is 34.6 Å². The highest BCUT2D eigenvalue weighted by Gasteiger charge is 2.43. The molecule has 2 aromatic carbocycles. The Bertz CT molecular complexity index is 1530. The number of nitrogens with one attached hydrogen (secondary N) is 1. The fraction of sp³-hybridized carbons (Fsp3) is 0.333. The van der Waals surface area contributed by atoms with Gasteiger partial charge in [-0.2, -0.15) is 5.10 Å². The van der Waals surface area contributed by atoms with Gasteiger partial charge in [-0.1, -0.05) is 42.5 Å². The second-order valence-electron chi connectivity index (χ2n) is 9.34. The molecule has 232 valence electrons. The molecule has 1 N–H and O–H groups in total. The third-order valence-electron chi connectivity index (χ3n) is 5.72. The van der Waals surface area contributed by atoms with Gasteiger partial charge in [0, 0.05) is 45.6 Å². The number of anilines is 1. The Kier molecular flexibility index (Phi) is 11.8. The summed E-state index contributed by atoms with van der Waals surface area (Å²) in [5.41, 5.74) is 4.19. The van der Waals surface area contributed by atoms with Gasteiger partial charge in [0.15, 0.2) is 36.1 Å². The van der Waals surface area contributed by atoms with Crippen molar-refractivity contribution in [2.75, 3.05) is 12.0 Å². The average molecular weight is 609 g/mol. The molecule has 0 spiro atoms. The van der Waals surface area contributed by atoms with E-state index in [1.54, 1.807) is 18.2 Å². The third-order valence-corrected chi connectivity index (χ3v) is 5.72. The van der Waals surface area contributed by atoms with Gasteiger partial charge in [-0.15, -0.1) is 0 Å². The molecule has 1 aromatic heterocycles. The van der Waals surface area contributed by atoms with Crippen molar-refractivity contribution in [3.8, 4) is 11.4 Å². The summed E-state index contributed by atoms with van der Waals surface area (Å²) in [4.78, 5) is 69.1. The monoisotopic (exact) mass is 608 g/mol. The van der Waals surface area contributed by atoms with Crippen molar-refractivity contribution < 1.29 is 47.7 Å². The number of hydrogen-bond acceptors (Lipinski definition) is 14. The van der Waals surface area contributed by atoms with Crippen LogP contribution in [0, 0.1) is 0 Å². The van der Waals surface area contributed by atoms with Crippen LogP contribution in [0.3, 0.4) is 0 Å². The molecule has 0 aliphatic heterocycles. The Labute approximate surface area is 252 Å². The Balaban J connectivity index is 2.04. The summed E-state index contributed by atoms with van der Waals surface area (Å²) in [6, 6.07) is 16.5. The first-order valence-electron chi connectivity index (χ1n) is 13.4. The first-order chi connectivity index (χ1) is 20.9. The second-order valence-corrected chi connectivity index (χ2v) is 9.34. The number of benzene rings is 2. The highest BCUT2D eigenvalue weighted by atomic mass is 16.6. The minimum absolute atomic E-state index is 0.306. The standard InChI is InChI=1S/C30H32N4O10/c1-17(35)40-16-26(42-19(3)37)28(44-21(5)39)27(43-20(4)38)25(41-18(2)36)15-31-34-30-23-13-9-10-14-24(23)32-29(33-30)22-11-7-6-8-12-22/h6-15,25-28H,16H2,1-5H3,(H,32,33,34)/b31-15+/t25-,26+,27+,28-/m0/s1. The van der Waals surface area contributed by atoms with Crippen LogP contribution < -0.4 is 5.43 Å². The topological polar surface area (TPSA) is 182 Å². The van der Waals surface area contributed by atoms with Gasteiger partial charge in [0.25, 0.3) is 0 Å². The first-order valence-corrected chi connectivity index (χ1v) is 13.4. The van der Waals surface area contributed by atoms with Crippen LogP contribution in [0.2, 0.25) is 0 Å². The van der Waals surface area contributed by atoms with E-state index in [4.69, 9.17) is 23.7 Å². The number of aromatic nitrogens is 2. The van der Waals surface area contributed by atoms with Crippen molar-refractivity contribution in [3.63, 3.8) is 0 Å². The number of hydrogen-bond donors (Lipinski definition) is 1. The van der Waals surface area contributed by atoms with E-state index in [-0.39, 0.29) is 0 Å². The summed E-state index contributed by atoms with van der Waals surface area (Å²) in [5, 5.41) is 4.82. The zero-order valence-electron chi connectivity index (χ0n) is 24.7. The van der Waals surface area contributed by atoms with E-state index in [2.05, 4.69) is 20.5 Å². The minimum Gasteiger partial charge on any atom is -0.462 e. The number of fused-ring (bicyclic) bond motifs is 1. The van der Waals surface area contributed by atoms with E-state index in [1.165, 1.54) is 0 Å². The van der Waals surface area contributed by atoms with Crippen LogP contribution in [0.25, 0.3) is 22.3 Å². The largest absolute Gasteiger partial charge is 0.462 e. The van der Waals surface area contributed by atoms with Crippen molar-refractivity contribution in [3.05, 3.63) is 54.6 Å². The number of nitrogens with zero attached hydrogens (tertiary/aromatic N) is 3. The molecule has 3 aromatic rings. The van der Waals surface area contributed by atoms with Crippen molar-refractivity contribution in [1.29, 1.82) is 0 Å². The van der Waals surface area contributed by atoms with Crippen molar-refractivity contribution in [1.82, 2.24) is 9.97 Å². The normalized spacial score (nSPS) is 13.7. The fourth-order valence-electron chi connectivity index (χ4n) is 4.09. The van der Waals surface area contributed by atoms with Gasteiger partial charge in [-0.05, 0) is 12.1 Å². The number of para-hydroxylation sites is 1. The van der Waals surface area contributed by atoms with Gasteiger partial charge >= 0.3 is 29.8 Å². The van der Waals surface area contributed by atoms with Crippen molar-refractivity contribution in [2.45, 2.75) is 59.0 Å². The Morgan fingerprint density at radius 3 is 1.93 bits per heavy atom. The van der Waals surface area contributed by atoms with E-state index in [9.17, 15) is 24.0 Å².